The third-order valence-electron chi connectivity index (χ3n) is 18.3. The molecule has 150 heavy (non-hydrogen) atoms. The van der Waals surface area contributed by atoms with E-state index in [9.17, 15) is 143 Å². The average molecular weight is 2230 g/mol. The van der Waals surface area contributed by atoms with Crippen LogP contribution in [0.25, 0.3) is 0 Å². The van der Waals surface area contributed by atoms with Crippen molar-refractivity contribution < 1.29 is 148 Å². The standard InChI is InChI=1S/C13H14ClF3N2O2.C11H10F4N2O2.C11H11F3N2O3.C11H13FN2O2.C11H14N2O2.C10H11BrN2O2.C10H11ClN2O2.2C10H11FN2O2/c14-11-3-1-8(5-10(11)13(15,16)17)7-19-12(21)4-2-9(20)6-18;12-8-2-1-6(3-7(8)11(13,14)15)5-17-10(19)9(18)4-16;12-11(13,14)19-8-3-1-2-7(4-8)6-16-10(18)9(17)5-15;1-7-4-8(2-3-9(7)12)6-14-11(16)10(15)5-13;1-8-2-4-9(5-3-8)7-13-11(15)10(14)6-12;11-8-3-1-7(2-4-8)6-13-10(15)9(14)5-12;2*11-8-3-1-2-7(4-8)6-13-10(15)9(14)5-12;11-8-4-2-1-3-7(8)6-13-10(15)9(14)5-12/h1,3,5H,2,4,6-7,18H2,(H,19,21);1-3H,4-5,16H2,(H,17,19);1-4H,5-6,15H2,(H,16,18);2-4H,5-6,13H2,1H3,(H,14,16);2-5H,6-7,12H2,1H3,(H,13,15);4*1-4H,5-6,12H2,(H,13,15). The summed E-state index contributed by atoms with van der Waals surface area (Å²) in [6, 6.07) is 49.2. The number of nitrogens with two attached hydrogens (primary N) is 9. The predicted octanol–water partition coefficient (Wildman–Crippen LogP) is 5.43. The van der Waals surface area contributed by atoms with Crippen molar-refractivity contribution in [3.05, 3.63) is 310 Å². The SMILES string of the molecule is Cc1cc(CNC(=O)C(=O)CN)ccc1F.Cc1ccc(CNC(=O)C(=O)CN)cc1.NCC(=O)C(=O)NCc1ccc(Br)cc1.NCC(=O)C(=O)NCc1ccc(F)c(C(F)(F)F)c1.NCC(=O)C(=O)NCc1cccc(Cl)c1.NCC(=O)C(=O)NCc1cccc(F)c1.NCC(=O)C(=O)NCc1cccc(OC(F)(F)F)c1.NCC(=O)C(=O)NCc1ccccc1F.NCC(=O)CCC(=O)NCc1ccc(Cl)c(C(F)(F)F)c1. The molecule has 0 saturated carbocycles. The van der Waals surface area contributed by atoms with Crippen LogP contribution in [0.15, 0.2) is 205 Å². The summed E-state index contributed by atoms with van der Waals surface area (Å²) in [6.07, 6.45) is -14.2. The maximum absolute atomic E-state index is 13.1. The molecule has 0 atom stereocenters. The van der Waals surface area contributed by atoms with E-state index in [1.54, 1.807) is 61.5 Å². The molecule has 0 radical (unpaired) electrons. The Bertz CT molecular complexity index is 5930. The molecule has 53 heteroatoms. The molecule has 9 aromatic carbocycles. The normalized spacial score (nSPS) is 10.3. The zero-order valence-electron chi connectivity index (χ0n) is 79.7. The highest BCUT2D eigenvalue weighted by Crippen LogP contribution is 2.36. The Hall–Kier alpha value is -15.2. The highest BCUT2D eigenvalue weighted by Gasteiger charge is 2.36. The van der Waals surface area contributed by atoms with E-state index >= 15 is 0 Å². The lowest BCUT2D eigenvalue weighted by molar-refractivity contribution is -0.274. The van der Waals surface area contributed by atoms with Gasteiger partial charge in [0, 0.05) is 86.8 Å². The van der Waals surface area contributed by atoms with Gasteiger partial charge in [-0.05, 0) is 149 Å². The fraction of sp³-hybridized carbons (Fsp3) is 0.258. The van der Waals surface area contributed by atoms with Crippen molar-refractivity contribution in [1.82, 2.24) is 47.9 Å². The molecule has 0 saturated heterocycles. The second-order valence-electron chi connectivity index (χ2n) is 29.9. The van der Waals surface area contributed by atoms with Crippen LogP contribution < -0.4 is 104 Å². The van der Waals surface area contributed by atoms with Gasteiger partial charge >= 0.3 is 18.7 Å². The lowest BCUT2D eigenvalue weighted by Crippen LogP contribution is -2.34. The first-order chi connectivity index (χ1) is 70.5. The highest BCUT2D eigenvalue weighted by molar-refractivity contribution is 9.10. The number of benzene rings is 9. The van der Waals surface area contributed by atoms with Gasteiger partial charge in [0.05, 0.1) is 75.1 Å². The first-order valence-electron chi connectivity index (χ1n) is 43.4. The van der Waals surface area contributed by atoms with Crippen LogP contribution in [0, 0.1) is 37.1 Å². The van der Waals surface area contributed by atoms with Gasteiger partial charge in [0.25, 0.3) is 47.3 Å². The van der Waals surface area contributed by atoms with Crippen molar-refractivity contribution in [3.8, 4) is 5.75 Å². The Balaban J connectivity index is 0.000000846. The summed E-state index contributed by atoms with van der Waals surface area (Å²) < 4.78 is 168. The quantitative estimate of drug-likeness (QED) is 0.0168. The maximum Gasteiger partial charge on any atom is 0.573 e. The van der Waals surface area contributed by atoms with Crippen LogP contribution in [0.4, 0.5) is 57.1 Å². The molecule has 9 aromatic rings. The Kier molecular flexibility index (Phi) is 62.6. The topological polar surface area (TPSA) is 659 Å². The lowest BCUT2D eigenvalue weighted by atomic mass is 10.1. The van der Waals surface area contributed by atoms with E-state index in [0.29, 0.717) is 52.5 Å². The van der Waals surface area contributed by atoms with Crippen LogP contribution in [0.1, 0.15) is 85.2 Å². The molecule has 0 aliphatic rings. The van der Waals surface area contributed by atoms with Gasteiger partial charge in [-0.1, -0.05) is 160 Å². The number of aryl methyl sites for hydroxylation is 2. The number of halogens is 16. The van der Waals surface area contributed by atoms with Gasteiger partial charge in [-0.25, -0.2) is 17.6 Å². The van der Waals surface area contributed by atoms with E-state index in [1.165, 1.54) is 54.6 Å². The summed E-state index contributed by atoms with van der Waals surface area (Å²) in [7, 11) is 0. The molecule has 0 fully saturated rings. The summed E-state index contributed by atoms with van der Waals surface area (Å²) in [6.45, 7) is 1.53. The van der Waals surface area contributed by atoms with Crippen LogP contribution >= 0.6 is 39.1 Å². The van der Waals surface area contributed by atoms with E-state index in [0.717, 1.165) is 62.6 Å². The zero-order valence-corrected chi connectivity index (χ0v) is 82.8. The van der Waals surface area contributed by atoms with Gasteiger partial charge in [-0.2, -0.15) is 26.3 Å². The first kappa shape index (κ1) is 133. The molecule has 0 bridgehead atoms. The molecule has 9 amide bonds. The van der Waals surface area contributed by atoms with Crippen LogP contribution in [0.3, 0.4) is 0 Å². The number of hydrogen-bond donors (Lipinski definition) is 18. The summed E-state index contributed by atoms with van der Waals surface area (Å²) in [5.74, 6) is -15.3. The van der Waals surface area contributed by atoms with Crippen molar-refractivity contribution in [3.63, 3.8) is 0 Å². The molecule has 37 nitrogen and oxygen atoms in total. The van der Waals surface area contributed by atoms with E-state index in [2.05, 4.69) is 68.5 Å². The molecule has 27 N–H and O–H groups in total. The zero-order chi connectivity index (χ0) is 114. The van der Waals surface area contributed by atoms with E-state index < -0.39 is 165 Å². The third kappa shape index (κ3) is 56.7. The Morgan fingerprint density at radius 1 is 0.300 bits per heavy atom. The molecule has 0 heterocycles. The third-order valence-corrected chi connectivity index (χ3v) is 19.4. The summed E-state index contributed by atoms with van der Waals surface area (Å²) in [5, 5.41) is 21.4. The number of ether oxygens (including phenoxy) is 1. The molecule has 9 rings (SSSR count). The number of amides is 9. The summed E-state index contributed by atoms with van der Waals surface area (Å²) in [4.78, 5) is 197. The summed E-state index contributed by atoms with van der Waals surface area (Å²) in [5.41, 5.74) is 49.4. The van der Waals surface area contributed by atoms with E-state index in [4.69, 9.17) is 74.8 Å². The molecule has 0 spiro atoms. The van der Waals surface area contributed by atoms with E-state index in [1.807, 2.05) is 55.5 Å². The molecule has 0 aliphatic heterocycles. The van der Waals surface area contributed by atoms with Crippen LogP contribution in [0.5, 0.6) is 5.75 Å². The van der Waals surface area contributed by atoms with Gasteiger partial charge in [-0.15, -0.1) is 13.2 Å². The molecular formula is C97H106BrCl2F13N18O19. The number of ketones is 9. The smallest absolute Gasteiger partial charge is 0.406 e. The maximum atomic E-state index is 13.1. The second kappa shape index (κ2) is 70.6. The minimum Gasteiger partial charge on any atom is -0.406 e. The number of rotatable bonds is 39. The molecule has 0 unspecified atom stereocenters. The highest BCUT2D eigenvalue weighted by atomic mass is 79.9. The number of alkyl halides is 9. The van der Waals surface area contributed by atoms with Crippen molar-refractivity contribution in [2.75, 3.05) is 58.9 Å². The van der Waals surface area contributed by atoms with Crippen LogP contribution in [-0.2, 0) is 158 Å². The van der Waals surface area contributed by atoms with Gasteiger partial charge in [0.2, 0.25) is 52.2 Å². The van der Waals surface area contributed by atoms with Crippen molar-refractivity contribution in [1.29, 1.82) is 0 Å². The Morgan fingerprint density at radius 2 is 0.620 bits per heavy atom. The number of carbonyl (C=O) groups is 18. The molecular weight excluding hydrogens is 2120 g/mol. The average Bonchev–Trinajstić information content (AvgIpc) is 0.827. The van der Waals surface area contributed by atoms with E-state index in [-0.39, 0.29) is 133 Å². The van der Waals surface area contributed by atoms with Crippen LogP contribution in [0.2, 0.25) is 10.0 Å². The van der Waals surface area contributed by atoms with Gasteiger partial charge in [0.1, 0.15) is 34.8 Å². The number of Topliss-reactive ketones (excluding diaryl/α,β-unsaturated/α-hetero) is 9. The van der Waals surface area contributed by atoms with Crippen molar-refractivity contribution in [2.45, 2.75) is 104 Å². The number of carbonyl (C=O) groups excluding carboxylic acids is 18. The van der Waals surface area contributed by atoms with Gasteiger partial charge < -0.3 is 104 Å². The fourth-order valence-electron chi connectivity index (χ4n) is 10.3. The monoisotopic (exact) mass is 2220 g/mol. The van der Waals surface area contributed by atoms with Crippen molar-refractivity contribution >= 4 is 144 Å². The van der Waals surface area contributed by atoms with Gasteiger partial charge in [-0.3, -0.25) is 86.3 Å². The van der Waals surface area contributed by atoms with Crippen LogP contribution in [-0.4, -0.2) is 170 Å². The fourth-order valence-corrected chi connectivity index (χ4v) is 11.0. The Morgan fingerprint density at radius 3 is 0.987 bits per heavy atom. The minimum atomic E-state index is -4.82. The number of nitrogens with one attached hydrogen (secondary N) is 9. The molecule has 810 valence electrons. The Labute approximate surface area is 866 Å². The lowest BCUT2D eigenvalue weighted by Gasteiger charge is -2.11. The van der Waals surface area contributed by atoms with Gasteiger partial charge in [0.15, 0.2) is 0 Å². The second-order valence-corrected chi connectivity index (χ2v) is 31.6. The number of hydrogen-bond acceptors (Lipinski definition) is 28. The molecule has 0 aliphatic carbocycles. The largest absolute Gasteiger partial charge is 0.573 e. The molecule has 0 aromatic heterocycles. The summed E-state index contributed by atoms with van der Waals surface area (Å²) >= 11 is 14.5. The predicted molar refractivity (Wildman–Crippen MR) is 524 cm³/mol. The van der Waals surface area contributed by atoms with Crippen molar-refractivity contribution in [2.24, 2.45) is 51.6 Å². The minimum absolute atomic E-state index is 0.0107. The first-order valence-corrected chi connectivity index (χ1v) is 45.0.